The number of hydrogen-bond donors (Lipinski definition) is 0. The molecule has 1 aromatic carbocycles. The largest absolute Gasteiger partial charge is 0.342 e. The Morgan fingerprint density at radius 2 is 1.89 bits per heavy atom. The second-order valence-electron chi connectivity index (χ2n) is 4.48. The fourth-order valence-electron chi connectivity index (χ4n) is 1.48. The molecule has 0 aliphatic carbocycles. The van der Waals surface area contributed by atoms with Gasteiger partial charge in [0.2, 0.25) is 5.78 Å². The topological polar surface area (TPSA) is 37.4 Å². The third-order valence-corrected chi connectivity index (χ3v) is 2.52. The van der Waals surface area contributed by atoms with Crippen molar-refractivity contribution in [3.63, 3.8) is 0 Å². The van der Waals surface area contributed by atoms with Crippen LogP contribution in [0.25, 0.3) is 0 Å². The van der Waals surface area contributed by atoms with Crippen LogP contribution in [0.1, 0.15) is 16.7 Å². The summed E-state index contributed by atoms with van der Waals surface area (Å²) in [6, 6.07) is 5.98. The van der Waals surface area contributed by atoms with E-state index in [-0.39, 0.29) is 0 Å². The zero-order chi connectivity index (χ0) is 14.4. The number of nitrogens with zero attached hydrogens (tertiary/aromatic N) is 1. The maximum Gasteiger partial charge on any atom is 0.293 e. The third-order valence-electron chi connectivity index (χ3n) is 2.52. The van der Waals surface area contributed by atoms with E-state index in [0.717, 1.165) is 11.1 Å². The minimum absolute atomic E-state index is 0.551. The lowest BCUT2D eigenvalue weighted by molar-refractivity contribution is -0.140. The van der Waals surface area contributed by atoms with Crippen LogP contribution < -0.4 is 0 Å². The molecule has 0 aromatic heterocycles. The number of ketones is 1. The molecule has 0 aliphatic rings. The maximum absolute atomic E-state index is 11.4. The van der Waals surface area contributed by atoms with Crippen molar-refractivity contribution in [3.8, 4) is 11.8 Å². The van der Waals surface area contributed by atoms with Gasteiger partial charge in [-0.1, -0.05) is 29.5 Å². The van der Waals surface area contributed by atoms with Gasteiger partial charge in [-0.05, 0) is 37.6 Å². The highest BCUT2D eigenvalue weighted by Crippen LogP contribution is 2.08. The van der Waals surface area contributed by atoms with Gasteiger partial charge in [0.1, 0.15) is 0 Å². The Morgan fingerprint density at radius 3 is 2.47 bits per heavy atom. The van der Waals surface area contributed by atoms with E-state index >= 15 is 0 Å². The molecule has 19 heavy (non-hydrogen) atoms. The van der Waals surface area contributed by atoms with E-state index < -0.39 is 11.7 Å². The quantitative estimate of drug-likeness (QED) is 0.459. The summed E-state index contributed by atoms with van der Waals surface area (Å²) in [5, 5.41) is 0. The molecule has 0 heterocycles. The standard InChI is InChI=1S/C16H17NO2/c1-12-9-10-14(13(2)11-12)7-5-6-8-15(18)16(19)17(3)4/h6,8-11H,1-4H3/b8-6+. The number of benzene rings is 1. The van der Waals surface area contributed by atoms with E-state index in [1.54, 1.807) is 0 Å². The molecule has 0 spiro atoms. The van der Waals surface area contributed by atoms with Crippen LogP contribution in [0.5, 0.6) is 0 Å². The lowest BCUT2D eigenvalue weighted by Crippen LogP contribution is -2.28. The first-order valence-electron chi connectivity index (χ1n) is 5.92. The smallest absolute Gasteiger partial charge is 0.293 e. The van der Waals surface area contributed by atoms with Crippen LogP contribution in [0.2, 0.25) is 0 Å². The van der Waals surface area contributed by atoms with Crippen molar-refractivity contribution in [3.05, 3.63) is 47.0 Å². The molecular weight excluding hydrogens is 238 g/mol. The van der Waals surface area contributed by atoms with Gasteiger partial charge >= 0.3 is 0 Å². The number of hydrogen-bond acceptors (Lipinski definition) is 2. The van der Waals surface area contributed by atoms with Gasteiger partial charge in [-0.3, -0.25) is 9.59 Å². The Balaban J connectivity index is 2.75. The first-order chi connectivity index (χ1) is 8.91. The highest BCUT2D eigenvalue weighted by Gasteiger charge is 2.10. The number of rotatable bonds is 2. The van der Waals surface area contributed by atoms with Crippen LogP contribution in [0.15, 0.2) is 30.4 Å². The molecule has 0 saturated carbocycles. The van der Waals surface area contributed by atoms with Gasteiger partial charge in [-0.15, -0.1) is 0 Å². The molecule has 1 amide bonds. The summed E-state index contributed by atoms with van der Waals surface area (Å²) in [6.07, 6.45) is 2.60. The molecule has 1 rings (SSSR count). The summed E-state index contributed by atoms with van der Waals surface area (Å²) in [5.74, 6) is 4.59. The van der Waals surface area contributed by atoms with Gasteiger partial charge < -0.3 is 4.90 Å². The number of aryl methyl sites for hydroxylation is 2. The Labute approximate surface area is 113 Å². The number of carbonyl (C=O) groups excluding carboxylic acids is 2. The van der Waals surface area contributed by atoms with Crippen LogP contribution >= 0.6 is 0 Å². The first kappa shape index (κ1) is 14.7. The normalized spacial score (nSPS) is 9.89. The Kier molecular flexibility index (Phi) is 5.08. The number of carbonyl (C=O) groups is 2. The number of amides is 1. The summed E-state index contributed by atoms with van der Waals surface area (Å²) >= 11 is 0. The predicted octanol–water partition coefficient (Wildman–Crippen LogP) is 1.87. The number of allylic oxidation sites excluding steroid dienone is 1. The lowest BCUT2D eigenvalue weighted by Gasteiger charge is -2.05. The molecule has 0 fully saturated rings. The van der Waals surface area contributed by atoms with Gasteiger partial charge in [0, 0.05) is 19.7 Å². The molecule has 0 N–H and O–H groups in total. The molecule has 0 aliphatic heterocycles. The van der Waals surface area contributed by atoms with Crippen LogP contribution in [-0.4, -0.2) is 30.7 Å². The average molecular weight is 255 g/mol. The average Bonchev–Trinajstić information content (AvgIpc) is 2.35. The molecule has 3 heteroatoms. The highest BCUT2D eigenvalue weighted by molar-refractivity contribution is 6.40. The van der Waals surface area contributed by atoms with Crippen molar-refractivity contribution >= 4 is 11.7 Å². The molecule has 1 aromatic rings. The summed E-state index contributed by atoms with van der Waals surface area (Å²) in [6.45, 7) is 4.01. The van der Waals surface area contributed by atoms with Crippen molar-refractivity contribution in [2.75, 3.05) is 14.1 Å². The summed E-state index contributed by atoms with van der Waals surface area (Å²) in [4.78, 5) is 23.9. The predicted molar refractivity (Wildman–Crippen MR) is 75.6 cm³/mol. The SMILES string of the molecule is Cc1ccc(C#C/C=C/C(=O)C(=O)N(C)C)c(C)c1. The van der Waals surface area contributed by atoms with Crippen molar-refractivity contribution in [1.29, 1.82) is 0 Å². The summed E-state index contributed by atoms with van der Waals surface area (Å²) in [7, 11) is 3.07. The zero-order valence-corrected chi connectivity index (χ0v) is 11.7. The van der Waals surface area contributed by atoms with Crippen molar-refractivity contribution in [1.82, 2.24) is 4.90 Å². The fourth-order valence-corrected chi connectivity index (χ4v) is 1.48. The van der Waals surface area contributed by atoms with Gasteiger partial charge in [-0.2, -0.15) is 0 Å². The third kappa shape index (κ3) is 4.44. The lowest BCUT2D eigenvalue weighted by atomic mass is 10.1. The van der Waals surface area contributed by atoms with E-state index in [9.17, 15) is 9.59 Å². The minimum Gasteiger partial charge on any atom is -0.342 e. The Morgan fingerprint density at radius 1 is 1.21 bits per heavy atom. The molecule has 3 nitrogen and oxygen atoms in total. The summed E-state index contributed by atoms with van der Waals surface area (Å²) in [5.41, 5.74) is 3.20. The first-order valence-corrected chi connectivity index (χ1v) is 5.92. The molecule has 0 unspecified atom stereocenters. The Hall–Kier alpha value is -2.34. The van der Waals surface area contributed by atoms with Gasteiger partial charge in [0.15, 0.2) is 0 Å². The van der Waals surface area contributed by atoms with E-state index in [2.05, 4.69) is 17.9 Å². The zero-order valence-electron chi connectivity index (χ0n) is 11.7. The fraction of sp³-hybridized carbons (Fsp3) is 0.250. The maximum atomic E-state index is 11.4. The summed E-state index contributed by atoms with van der Waals surface area (Å²) < 4.78 is 0. The van der Waals surface area contributed by atoms with E-state index in [0.29, 0.717) is 0 Å². The van der Waals surface area contributed by atoms with Crippen molar-refractivity contribution in [2.24, 2.45) is 0 Å². The monoisotopic (exact) mass is 255 g/mol. The molecule has 0 atom stereocenters. The molecule has 0 bridgehead atoms. The number of likely N-dealkylation sites (N-methyl/N-ethyl adjacent to an activating group) is 1. The highest BCUT2D eigenvalue weighted by atomic mass is 16.2. The van der Waals surface area contributed by atoms with Gasteiger partial charge in [0.25, 0.3) is 5.91 Å². The van der Waals surface area contributed by atoms with E-state index in [4.69, 9.17) is 0 Å². The van der Waals surface area contributed by atoms with E-state index in [1.165, 1.54) is 36.7 Å². The second-order valence-corrected chi connectivity index (χ2v) is 4.48. The van der Waals surface area contributed by atoms with E-state index in [1.807, 2.05) is 26.0 Å². The molecule has 0 radical (unpaired) electrons. The van der Waals surface area contributed by atoms with Crippen LogP contribution in [0, 0.1) is 25.7 Å². The van der Waals surface area contributed by atoms with Gasteiger partial charge in [-0.25, -0.2) is 0 Å². The molecule has 0 saturated heterocycles. The van der Waals surface area contributed by atoms with Crippen molar-refractivity contribution in [2.45, 2.75) is 13.8 Å². The van der Waals surface area contributed by atoms with Crippen LogP contribution in [0.4, 0.5) is 0 Å². The molecule has 98 valence electrons. The van der Waals surface area contributed by atoms with Gasteiger partial charge in [0.05, 0.1) is 0 Å². The Bertz CT molecular complexity index is 587. The van der Waals surface area contributed by atoms with Crippen LogP contribution in [-0.2, 0) is 9.59 Å². The minimum atomic E-state index is -0.570. The second kappa shape index (κ2) is 6.55. The van der Waals surface area contributed by atoms with Crippen molar-refractivity contribution < 1.29 is 9.59 Å². The van der Waals surface area contributed by atoms with Crippen LogP contribution in [0.3, 0.4) is 0 Å². The molecular formula is C16H17NO2.